The highest BCUT2D eigenvalue weighted by molar-refractivity contribution is 9.10. The molecule has 1 aromatic heterocycles. The fourth-order valence-corrected chi connectivity index (χ4v) is 1.80. The molecule has 0 amide bonds. The minimum atomic E-state index is -0.433. The Morgan fingerprint density at radius 1 is 1.35 bits per heavy atom. The van der Waals surface area contributed by atoms with Crippen molar-refractivity contribution < 1.29 is 14.3 Å². The van der Waals surface area contributed by atoms with Gasteiger partial charge in [0.25, 0.3) is 0 Å². The first-order valence-electron chi connectivity index (χ1n) is 5.81. The van der Waals surface area contributed by atoms with Crippen LogP contribution >= 0.6 is 15.9 Å². The van der Waals surface area contributed by atoms with Gasteiger partial charge in [-0.15, -0.1) is 0 Å². The molecule has 6 heteroatoms. The fraction of sp³-hybridized carbons (Fsp3) is 0.143. The molecule has 20 heavy (non-hydrogen) atoms. The molecular weight excluding hydrogens is 324 g/mol. The SMILES string of the molecule is COC(=O)c1ccc(OCc2ccc(Br)cn2)c(N)c1. The second kappa shape index (κ2) is 6.38. The molecule has 0 fully saturated rings. The van der Waals surface area contributed by atoms with Gasteiger partial charge in [-0.3, -0.25) is 4.98 Å². The van der Waals surface area contributed by atoms with Crippen LogP contribution in [0.4, 0.5) is 5.69 Å². The highest BCUT2D eigenvalue weighted by Crippen LogP contribution is 2.23. The Morgan fingerprint density at radius 2 is 2.15 bits per heavy atom. The van der Waals surface area contributed by atoms with Crippen molar-refractivity contribution in [2.75, 3.05) is 12.8 Å². The van der Waals surface area contributed by atoms with Crippen LogP contribution in [0.3, 0.4) is 0 Å². The number of aromatic nitrogens is 1. The first-order chi connectivity index (χ1) is 9.60. The molecule has 0 aliphatic rings. The number of hydrogen-bond donors (Lipinski definition) is 1. The van der Waals surface area contributed by atoms with Crippen LogP contribution in [-0.4, -0.2) is 18.1 Å². The van der Waals surface area contributed by atoms with Gasteiger partial charge >= 0.3 is 5.97 Å². The predicted molar refractivity (Wildman–Crippen MR) is 78.5 cm³/mol. The molecule has 0 bridgehead atoms. The minimum Gasteiger partial charge on any atom is -0.485 e. The van der Waals surface area contributed by atoms with Crippen molar-refractivity contribution in [2.45, 2.75) is 6.61 Å². The van der Waals surface area contributed by atoms with Crippen LogP contribution in [0.15, 0.2) is 41.0 Å². The van der Waals surface area contributed by atoms with Crippen LogP contribution in [0, 0.1) is 0 Å². The smallest absolute Gasteiger partial charge is 0.337 e. The number of esters is 1. The molecule has 0 aliphatic carbocycles. The zero-order chi connectivity index (χ0) is 14.5. The lowest BCUT2D eigenvalue weighted by Gasteiger charge is -2.09. The molecule has 2 aromatic rings. The van der Waals surface area contributed by atoms with Gasteiger partial charge in [0, 0.05) is 10.7 Å². The van der Waals surface area contributed by atoms with Crippen LogP contribution < -0.4 is 10.5 Å². The number of nitrogens with two attached hydrogens (primary N) is 1. The number of nitrogen functional groups attached to an aromatic ring is 1. The molecule has 2 rings (SSSR count). The van der Waals surface area contributed by atoms with Gasteiger partial charge in [0.2, 0.25) is 0 Å². The third kappa shape index (κ3) is 3.48. The van der Waals surface area contributed by atoms with Crippen LogP contribution in [0.5, 0.6) is 5.75 Å². The van der Waals surface area contributed by atoms with Gasteiger partial charge in [0.1, 0.15) is 12.4 Å². The maximum Gasteiger partial charge on any atom is 0.337 e. The molecular formula is C14H13BrN2O3. The maximum absolute atomic E-state index is 11.4. The molecule has 1 aromatic carbocycles. The summed E-state index contributed by atoms with van der Waals surface area (Å²) in [6, 6.07) is 8.50. The summed E-state index contributed by atoms with van der Waals surface area (Å²) < 4.78 is 11.1. The Labute approximate surface area is 124 Å². The number of hydrogen-bond acceptors (Lipinski definition) is 5. The minimum absolute atomic E-state index is 0.301. The zero-order valence-electron chi connectivity index (χ0n) is 10.8. The average Bonchev–Trinajstić information content (AvgIpc) is 2.46. The number of carbonyl (C=O) groups excluding carboxylic acids is 1. The van der Waals surface area contributed by atoms with E-state index in [1.807, 2.05) is 12.1 Å². The Bertz CT molecular complexity index is 614. The van der Waals surface area contributed by atoms with E-state index in [4.69, 9.17) is 10.5 Å². The number of methoxy groups -OCH3 is 1. The van der Waals surface area contributed by atoms with Crippen molar-refractivity contribution in [1.29, 1.82) is 0 Å². The molecule has 2 N–H and O–H groups in total. The summed E-state index contributed by atoms with van der Waals surface area (Å²) in [7, 11) is 1.32. The topological polar surface area (TPSA) is 74.4 Å². The molecule has 104 valence electrons. The summed E-state index contributed by atoms with van der Waals surface area (Å²) in [4.78, 5) is 15.6. The maximum atomic E-state index is 11.4. The standard InChI is InChI=1S/C14H13BrN2O3/c1-19-14(18)9-2-5-13(12(16)6-9)20-8-11-4-3-10(15)7-17-11/h2-7H,8,16H2,1H3. The molecule has 0 radical (unpaired) electrons. The molecule has 5 nitrogen and oxygen atoms in total. The summed E-state index contributed by atoms with van der Waals surface area (Å²) >= 11 is 3.31. The lowest BCUT2D eigenvalue weighted by molar-refractivity contribution is 0.0600. The first-order valence-corrected chi connectivity index (χ1v) is 6.60. The number of carbonyl (C=O) groups is 1. The van der Waals surface area contributed by atoms with E-state index in [0.29, 0.717) is 23.6 Å². The van der Waals surface area contributed by atoms with Gasteiger partial charge in [-0.25, -0.2) is 4.79 Å². The van der Waals surface area contributed by atoms with E-state index in [0.717, 1.165) is 10.2 Å². The van der Waals surface area contributed by atoms with Crippen LogP contribution in [0.1, 0.15) is 16.1 Å². The Balaban J connectivity index is 2.06. The van der Waals surface area contributed by atoms with Crippen molar-refractivity contribution in [3.8, 4) is 5.75 Å². The lowest BCUT2D eigenvalue weighted by Crippen LogP contribution is -2.04. The third-order valence-corrected chi connectivity index (χ3v) is 3.06. The number of pyridine rings is 1. The van der Waals surface area contributed by atoms with Crippen molar-refractivity contribution in [3.63, 3.8) is 0 Å². The summed E-state index contributed by atoms with van der Waals surface area (Å²) in [6.45, 7) is 0.301. The van der Waals surface area contributed by atoms with Crippen LogP contribution in [0.2, 0.25) is 0 Å². The monoisotopic (exact) mass is 336 g/mol. The molecule has 0 spiro atoms. The number of anilines is 1. The second-order valence-electron chi connectivity index (χ2n) is 4.00. The van der Waals surface area contributed by atoms with E-state index in [2.05, 4.69) is 25.7 Å². The van der Waals surface area contributed by atoms with E-state index in [9.17, 15) is 4.79 Å². The molecule has 1 heterocycles. The number of halogens is 1. The first kappa shape index (κ1) is 14.3. The van der Waals surface area contributed by atoms with E-state index in [-0.39, 0.29) is 0 Å². The van der Waals surface area contributed by atoms with Gasteiger partial charge in [-0.1, -0.05) is 0 Å². The summed E-state index contributed by atoms with van der Waals surface area (Å²) in [5.74, 6) is 0.0696. The van der Waals surface area contributed by atoms with Crippen molar-refractivity contribution in [1.82, 2.24) is 4.98 Å². The van der Waals surface area contributed by atoms with Crippen LogP contribution in [-0.2, 0) is 11.3 Å². The molecule has 0 aliphatic heterocycles. The number of benzene rings is 1. The predicted octanol–water partition coefficient (Wildman–Crippen LogP) is 2.79. The van der Waals surface area contributed by atoms with Gasteiger partial charge < -0.3 is 15.2 Å². The summed E-state index contributed by atoms with van der Waals surface area (Å²) in [5.41, 5.74) is 7.39. The summed E-state index contributed by atoms with van der Waals surface area (Å²) in [6.07, 6.45) is 1.70. The Morgan fingerprint density at radius 3 is 2.75 bits per heavy atom. The number of ether oxygens (including phenoxy) is 2. The van der Waals surface area contributed by atoms with Crippen LogP contribution in [0.25, 0.3) is 0 Å². The molecule has 0 saturated carbocycles. The number of rotatable bonds is 4. The molecule has 0 unspecified atom stereocenters. The zero-order valence-corrected chi connectivity index (χ0v) is 12.4. The highest BCUT2D eigenvalue weighted by Gasteiger charge is 2.09. The Hall–Kier alpha value is -2.08. The average molecular weight is 337 g/mol. The quantitative estimate of drug-likeness (QED) is 0.686. The van der Waals surface area contributed by atoms with E-state index in [1.165, 1.54) is 13.2 Å². The van der Waals surface area contributed by atoms with Gasteiger partial charge in [0.05, 0.1) is 24.1 Å². The molecule has 0 atom stereocenters. The number of nitrogens with zero attached hydrogens (tertiary/aromatic N) is 1. The fourth-order valence-electron chi connectivity index (χ4n) is 1.57. The third-order valence-electron chi connectivity index (χ3n) is 2.60. The van der Waals surface area contributed by atoms with Gasteiger partial charge in [-0.05, 0) is 46.3 Å². The van der Waals surface area contributed by atoms with E-state index >= 15 is 0 Å². The van der Waals surface area contributed by atoms with Gasteiger partial charge in [0.15, 0.2) is 0 Å². The summed E-state index contributed by atoms with van der Waals surface area (Å²) in [5, 5.41) is 0. The van der Waals surface area contributed by atoms with Crippen molar-refractivity contribution in [3.05, 3.63) is 52.3 Å². The molecule has 0 saturated heterocycles. The normalized spacial score (nSPS) is 10.1. The van der Waals surface area contributed by atoms with Crippen molar-refractivity contribution >= 4 is 27.6 Å². The Kier molecular flexibility index (Phi) is 4.57. The van der Waals surface area contributed by atoms with E-state index < -0.39 is 5.97 Å². The lowest BCUT2D eigenvalue weighted by atomic mass is 10.2. The van der Waals surface area contributed by atoms with Crippen molar-refractivity contribution in [2.24, 2.45) is 0 Å². The largest absolute Gasteiger partial charge is 0.485 e. The highest BCUT2D eigenvalue weighted by atomic mass is 79.9. The van der Waals surface area contributed by atoms with E-state index in [1.54, 1.807) is 18.3 Å². The second-order valence-corrected chi connectivity index (χ2v) is 4.92. The van der Waals surface area contributed by atoms with Gasteiger partial charge in [-0.2, -0.15) is 0 Å².